The molecule has 0 spiro atoms. The number of methoxy groups -OCH3 is 1. The molecule has 2 amide bonds. The van der Waals surface area contributed by atoms with E-state index in [0.717, 1.165) is 10.6 Å². The van der Waals surface area contributed by atoms with E-state index in [4.69, 9.17) is 37.5 Å². The van der Waals surface area contributed by atoms with Gasteiger partial charge >= 0.3 is 6.09 Å². The maximum atomic E-state index is 13.0. The molecule has 0 unspecified atom stereocenters. The summed E-state index contributed by atoms with van der Waals surface area (Å²) in [6, 6.07) is 2.65. The van der Waals surface area contributed by atoms with Crippen LogP contribution in [-0.4, -0.2) is 61.4 Å². The molecule has 0 aliphatic carbocycles. The Morgan fingerprint density at radius 3 is 2.41 bits per heavy atom. The van der Waals surface area contributed by atoms with Crippen LogP contribution in [0, 0.1) is 0 Å². The van der Waals surface area contributed by atoms with Crippen molar-refractivity contribution in [1.29, 1.82) is 0 Å². The lowest BCUT2D eigenvalue weighted by atomic mass is 9.84. The van der Waals surface area contributed by atoms with Crippen LogP contribution in [0.1, 0.15) is 45.1 Å². The minimum Gasteiger partial charge on any atom is -0.496 e. The van der Waals surface area contributed by atoms with Crippen molar-refractivity contribution in [3.63, 3.8) is 0 Å². The van der Waals surface area contributed by atoms with Crippen molar-refractivity contribution in [3.8, 4) is 5.75 Å². The molecule has 1 aromatic rings. The van der Waals surface area contributed by atoms with Crippen molar-refractivity contribution in [1.82, 2.24) is 9.96 Å². The van der Waals surface area contributed by atoms with Crippen LogP contribution in [-0.2, 0) is 14.4 Å². The summed E-state index contributed by atoms with van der Waals surface area (Å²) in [6.45, 7) is 5.67. The van der Waals surface area contributed by atoms with Crippen LogP contribution < -0.4 is 4.74 Å². The maximum Gasteiger partial charge on any atom is 0.410 e. The zero-order chi connectivity index (χ0) is 21.9. The molecule has 1 saturated heterocycles. The number of hydroxylamine groups is 2. The molecule has 1 fully saturated rings. The zero-order valence-corrected chi connectivity index (χ0v) is 19.1. The van der Waals surface area contributed by atoms with E-state index < -0.39 is 17.7 Å². The molecule has 1 aromatic carbocycles. The van der Waals surface area contributed by atoms with E-state index in [9.17, 15) is 9.59 Å². The molecule has 7 nitrogen and oxygen atoms in total. The van der Waals surface area contributed by atoms with Gasteiger partial charge in [0.1, 0.15) is 17.4 Å². The number of likely N-dealkylation sites (N-methyl/N-ethyl adjacent to an activating group) is 1. The standard InChI is InChI=1S/C20H28Cl2N2O5/c1-20(2,3)29-19(26)24-10-9-12(11-14(24)18(25)23(4)28-6)16-15(27-5)8-7-13(21)17(16)22/h7-8,12,14H,9-11H2,1-6H3/t12-,14+/m1/s1. The number of carbonyl (C=O) groups excluding carboxylic acids is 2. The number of likely N-dealkylation sites (tertiary alicyclic amines) is 1. The van der Waals surface area contributed by atoms with Gasteiger partial charge in [-0.05, 0) is 51.7 Å². The van der Waals surface area contributed by atoms with Gasteiger partial charge in [-0.2, -0.15) is 0 Å². The second-order valence-electron chi connectivity index (χ2n) is 7.91. The summed E-state index contributed by atoms with van der Waals surface area (Å²) in [5, 5.41) is 1.92. The topological polar surface area (TPSA) is 68.3 Å². The van der Waals surface area contributed by atoms with Gasteiger partial charge in [0.25, 0.3) is 5.91 Å². The smallest absolute Gasteiger partial charge is 0.410 e. The number of nitrogens with zero attached hydrogens (tertiary/aromatic N) is 2. The van der Waals surface area contributed by atoms with Gasteiger partial charge in [-0.15, -0.1) is 0 Å². The molecule has 162 valence electrons. The first-order chi connectivity index (χ1) is 13.5. The van der Waals surface area contributed by atoms with Gasteiger partial charge in [-0.25, -0.2) is 9.86 Å². The van der Waals surface area contributed by atoms with Crippen molar-refractivity contribution in [2.45, 2.75) is 51.2 Å². The maximum absolute atomic E-state index is 13.0. The van der Waals surface area contributed by atoms with E-state index in [0.29, 0.717) is 35.2 Å². The lowest BCUT2D eigenvalue weighted by Crippen LogP contribution is -2.54. The second kappa shape index (κ2) is 9.41. The Bertz CT molecular complexity index is 766. The van der Waals surface area contributed by atoms with Gasteiger partial charge in [0.2, 0.25) is 0 Å². The largest absolute Gasteiger partial charge is 0.496 e. The van der Waals surface area contributed by atoms with Gasteiger partial charge in [-0.1, -0.05) is 23.2 Å². The molecule has 0 saturated carbocycles. The zero-order valence-electron chi connectivity index (χ0n) is 17.6. The number of rotatable bonds is 4. The first kappa shape index (κ1) is 23.6. The molecule has 0 aromatic heterocycles. The highest BCUT2D eigenvalue weighted by atomic mass is 35.5. The third-order valence-corrected chi connectivity index (χ3v) is 5.64. The van der Waals surface area contributed by atoms with Crippen LogP contribution in [0.4, 0.5) is 4.79 Å². The molecule has 0 N–H and O–H groups in total. The van der Waals surface area contributed by atoms with E-state index in [2.05, 4.69) is 0 Å². The summed E-state index contributed by atoms with van der Waals surface area (Å²) in [4.78, 5) is 32.2. The average Bonchev–Trinajstić information content (AvgIpc) is 2.66. The summed E-state index contributed by atoms with van der Waals surface area (Å²) in [5.41, 5.74) is 0.0668. The Hall–Kier alpha value is -1.70. The molecule has 2 atom stereocenters. The van der Waals surface area contributed by atoms with E-state index >= 15 is 0 Å². The first-order valence-corrected chi connectivity index (χ1v) is 10.1. The Balaban J connectivity index is 2.39. The summed E-state index contributed by atoms with van der Waals surface area (Å²) in [7, 11) is 4.46. The van der Waals surface area contributed by atoms with E-state index in [1.807, 2.05) is 0 Å². The van der Waals surface area contributed by atoms with Crippen LogP contribution in [0.15, 0.2) is 12.1 Å². The molecular weight excluding hydrogens is 419 g/mol. The Morgan fingerprint density at radius 1 is 1.21 bits per heavy atom. The molecular formula is C20H28Cl2N2O5. The molecule has 1 heterocycles. The minimum atomic E-state index is -0.770. The number of carbonyl (C=O) groups is 2. The molecule has 0 radical (unpaired) electrons. The number of hydrogen-bond acceptors (Lipinski definition) is 5. The summed E-state index contributed by atoms with van der Waals surface area (Å²) in [5.74, 6) is 0.121. The number of benzene rings is 1. The SMILES string of the molecule is COc1ccc(Cl)c(Cl)c1[C@@H]1CCN(C(=O)OC(C)(C)C)[C@H](C(=O)N(C)OC)C1. The number of piperidine rings is 1. The third kappa shape index (κ3) is 5.47. The molecule has 2 rings (SSSR count). The van der Waals surface area contributed by atoms with Crippen molar-refractivity contribution in [2.24, 2.45) is 0 Å². The molecule has 1 aliphatic heterocycles. The summed E-state index contributed by atoms with van der Waals surface area (Å²) >= 11 is 12.7. The third-order valence-electron chi connectivity index (χ3n) is 4.82. The highest BCUT2D eigenvalue weighted by molar-refractivity contribution is 6.42. The van der Waals surface area contributed by atoms with Gasteiger partial charge < -0.3 is 9.47 Å². The fourth-order valence-electron chi connectivity index (χ4n) is 3.41. The van der Waals surface area contributed by atoms with E-state index in [1.54, 1.807) is 40.0 Å². The lowest BCUT2D eigenvalue weighted by molar-refractivity contribution is -0.175. The molecule has 0 bridgehead atoms. The van der Waals surface area contributed by atoms with Gasteiger partial charge in [0.05, 0.1) is 24.3 Å². The Labute approximate surface area is 181 Å². The average molecular weight is 447 g/mol. The fourth-order valence-corrected chi connectivity index (χ4v) is 3.88. The van der Waals surface area contributed by atoms with Crippen LogP contribution in [0.25, 0.3) is 0 Å². The van der Waals surface area contributed by atoms with Crippen LogP contribution in [0.5, 0.6) is 5.75 Å². The predicted octanol–water partition coefficient (Wildman–Crippen LogP) is 4.50. The van der Waals surface area contributed by atoms with Crippen molar-refractivity contribution in [3.05, 3.63) is 27.7 Å². The Morgan fingerprint density at radius 2 is 1.86 bits per heavy atom. The second-order valence-corrected chi connectivity index (χ2v) is 8.69. The fraction of sp³-hybridized carbons (Fsp3) is 0.600. The molecule has 1 aliphatic rings. The van der Waals surface area contributed by atoms with Gasteiger partial charge in [0, 0.05) is 19.2 Å². The lowest BCUT2D eigenvalue weighted by Gasteiger charge is -2.40. The van der Waals surface area contributed by atoms with Crippen LogP contribution in [0.2, 0.25) is 10.0 Å². The summed E-state index contributed by atoms with van der Waals surface area (Å²) < 4.78 is 11.0. The van der Waals surface area contributed by atoms with Crippen LogP contribution >= 0.6 is 23.2 Å². The van der Waals surface area contributed by atoms with Crippen molar-refractivity contribution >= 4 is 35.2 Å². The molecule has 9 heteroatoms. The number of ether oxygens (including phenoxy) is 2. The molecule has 29 heavy (non-hydrogen) atoms. The van der Waals surface area contributed by atoms with Crippen LogP contribution in [0.3, 0.4) is 0 Å². The van der Waals surface area contributed by atoms with Gasteiger partial charge in [-0.3, -0.25) is 14.5 Å². The minimum absolute atomic E-state index is 0.131. The summed E-state index contributed by atoms with van der Waals surface area (Å²) in [6.07, 6.45) is 0.376. The highest BCUT2D eigenvalue weighted by Crippen LogP contribution is 2.43. The predicted molar refractivity (Wildman–Crippen MR) is 111 cm³/mol. The quantitative estimate of drug-likeness (QED) is 0.636. The number of halogens is 2. The number of amides is 2. The number of hydrogen-bond donors (Lipinski definition) is 0. The normalized spacial score (nSPS) is 19.7. The highest BCUT2D eigenvalue weighted by Gasteiger charge is 2.41. The monoisotopic (exact) mass is 446 g/mol. The Kier molecular flexibility index (Phi) is 7.65. The van der Waals surface area contributed by atoms with E-state index in [1.165, 1.54) is 19.1 Å². The van der Waals surface area contributed by atoms with Crippen molar-refractivity contribution in [2.75, 3.05) is 27.8 Å². The van der Waals surface area contributed by atoms with E-state index in [-0.39, 0.29) is 11.8 Å². The van der Waals surface area contributed by atoms with Gasteiger partial charge in [0.15, 0.2) is 0 Å². The first-order valence-electron chi connectivity index (χ1n) is 9.33. The van der Waals surface area contributed by atoms with Crippen molar-refractivity contribution < 1.29 is 23.9 Å².